The van der Waals surface area contributed by atoms with Crippen LogP contribution in [0.15, 0.2) is 72.9 Å². The largest absolute Gasteiger partial charge is 0.479 e. The van der Waals surface area contributed by atoms with Crippen molar-refractivity contribution in [1.29, 1.82) is 0 Å². The first-order valence-electron chi connectivity index (χ1n) is 10.5. The van der Waals surface area contributed by atoms with Gasteiger partial charge in [-0.25, -0.2) is 4.79 Å². The molecule has 2 aromatic carbocycles. The number of aliphatic hydroxyl groups is 1. The monoisotopic (exact) mass is 447 g/mol. The molecule has 0 saturated heterocycles. The van der Waals surface area contributed by atoms with Crippen LogP contribution in [0.1, 0.15) is 38.9 Å². The first-order chi connectivity index (χ1) is 15.9. The Balaban J connectivity index is 1.81. The lowest BCUT2D eigenvalue weighted by atomic mass is 10.00. The van der Waals surface area contributed by atoms with Gasteiger partial charge in [0.2, 0.25) is 0 Å². The van der Waals surface area contributed by atoms with Gasteiger partial charge in [0.1, 0.15) is 5.69 Å². The molecule has 3 aromatic rings. The number of nitrogens with zero attached hydrogens (tertiary/aromatic N) is 1. The molecule has 170 valence electrons. The van der Waals surface area contributed by atoms with Crippen LogP contribution in [-0.4, -0.2) is 45.1 Å². The minimum Gasteiger partial charge on any atom is -0.479 e. The summed E-state index contributed by atoms with van der Waals surface area (Å²) in [5.74, 6) is -2.40. The van der Waals surface area contributed by atoms with Crippen molar-refractivity contribution in [2.75, 3.05) is 5.32 Å². The fourth-order valence-electron chi connectivity index (χ4n) is 3.36. The van der Waals surface area contributed by atoms with Crippen molar-refractivity contribution in [3.05, 3.63) is 95.3 Å². The first kappa shape index (κ1) is 23.6. The number of nitrogens with one attached hydrogen (secondary N) is 2. The summed E-state index contributed by atoms with van der Waals surface area (Å²) in [6.07, 6.45) is 0.484. The number of aromatic nitrogens is 1. The number of amides is 2. The highest BCUT2D eigenvalue weighted by molar-refractivity contribution is 6.04. The average molecular weight is 447 g/mol. The number of benzene rings is 2. The minimum atomic E-state index is -1.78. The molecule has 0 aliphatic rings. The third-order valence-electron chi connectivity index (χ3n) is 5.15. The van der Waals surface area contributed by atoms with Gasteiger partial charge in [-0.1, -0.05) is 49.4 Å². The lowest BCUT2D eigenvalue weighted by Gasteiger charge is -2.22. The standard InChI is InChI=1S/C25H25N3O5/c1-2-17-11-12-18(15-20(17)27-24(31)19-10-6-7-13-26-19)23(30)28-21(22(29)25(32)33)14-16-8-4-3-5-9-16/h3-13,15,21-22,29H,2,14H2,1H3,(H,27,31)(H,28,30)(H,32,33)/t21-,22-/m1/s1. The molecule has 0 spiro atoms. The summed E-state index contributed by atoms with van der Waals surface area (Å²) in [6, 6.07) is 17.8. The quantitative estimate of drug-likeness (QED) is 0.399. The second-order valence-electron chi connectivity index (χ2n) is 7.45. The Morgan fingerprint density at radius 1 is 0.970 bits per heavy atom. The molecule has 3 rings (SSSR count). The number of aryl methyl sites for hydroxylation is 1. The molecule has 0 bridgehead atoms. The molecule has 2 amide bonds. The van der Waals surface area contributed by atoms with Crippen LogP contribution in [0.5, 0.6) is 0 Å². The number of hydrogen-bond donors (Lipinski definition) is 4. The van der Waals surface area contributed by atoms with Gasteiger partial charge in [0, 0.05) is 17.4 Å². The van der Waals surface area contributed by atoms with E-state index in [1.165, 1.54) is 12.3 Å². The maximum atomic E-state index is 12.9. The Labute approximate surface area is 191 Å². The number of carboxylic acids is 1. The van der Waals surface area contributed by atoms with E-state index in [0.717, 1.165) is 11.1 Å². The molecule has 33 heavy (non-hydrogen) atoms. The van der Waals surface area contributed by atoms with Crippen LogP contribution in [0.3, 0.4) is 0 Å². The number of pyridine rings is 1. The number of carbonyl (C=O) groups is 3. The molecule has 2 atom stereocenters. The number of hydrogen-bond acceptors (Lipinski definition) is 5. The Hall–Kier alpha value is -4.04. The number of aliphatic hydroxyl groups excluding tert-OH is 1. The van der Waals surface area contributed by atoms with E-state index >= 15 is 0 Å². The molecule has 8 nitrogen and oxygen atoms in total. The Bertz CT molecular complexity index is 1120. The molecule has 1 heterocycles. The molecule has 0 unspecified atom stereocenters. The molecular weight excluding hydrogens is 422 g/mol. The zero-order chi connectivity index (χ0) is 23.8. The Morgan fingerprint density at radius 3 is 2.33 bits per heavy atom. The van der Waals surface area contributed by atoms with E-state index in [2.05, 4.69) is 15.6 Å². The van der Waals surface area contributed by atoms with Crippen LogP contribution in [0, 0.1) is 0 Å². The van der Waals surface area contributed by atoms with E-state index in [1.54, 1.807) is 54.6 Å². The van der Waals surface area contributed by atoms with Gasteiger partial charge in [-0.3, -0.25) is 14.6 Å². The maximum absolute atomic E-state index is 12.9. The van der Waals surface area contributed by atoms with Crippen molar-refractivity contribution in [2.45, 2.75) is 31.9 Å². The lowest BCUT2D eigenvalue weighted by Crippen LogP contribution is -2.48. The van der Waals surface area contributed by atoms with Gasteiger partial charge in [-0.15, -0.1) is 0 Å². The number of anilines is 1. The topological polar surface area (TPSA) is 129 Å². The normalized spacial score (nSPS) is 12.4. The average Bonchev–Trinajstić information content (AvgIpc) is 2.84. The summed E-state index contributed by atoms with van der Waals surface area (Å²) in [4.78, 5) is 40.9. The highest BCUT2D eigenvalue weighted by Gasteiger charge is 2.28. The number of aliphatic carboxylic acids is 1. The van der Waals surface area contributed by atoms with Crippen LogP contribution in [0.2, 0.25) is 0 Å². The zero-order valence-electron chi connectivity index (χ0n) is 18.1. The number of rotatable bonds is 9. The van der Waals surface area contributed by atoms with Crippen LogP contribution >= 0.6 is 0 Å². The summed E-state index contributed by atoms with van der Waals surface area (Å²) in [5, 5.41) is 24.8. The SMILES string of the molecule is CCc1ccc(C(=O)N[C@H](Cc2ccccc2)[C@@H](O)C(=O)O)cc1NC(=O)c1ccccn1. The summed E-state index contributed by atoms with van der Waals surface area (Å²) in [5.41, 5.74) is 2.51. The Morgan fingerprint density at radius 2 is 1.70 bits per heavy atom. The van der Waals surface area contributed by atoms with E-state index < -0.39 is 29.9 Å². The fourth-order valence-corrected chi connectivity index (χ4v) is 3.36. The predicted octanol–water partition coefficient (Wildman–Crippen LogP) is 2.68. The van der Waals surface area contributed by atoms with Crippen LogP contribution < -0.4 is 10.6 Å². The van der Waals surface area contributed by atoms with Gasteiger partial charge >= 0.3 is 5.97 Å². The van der Waals surface area contributed by atoms with Gasteiger partial charge < -0.3 is 20.8 Å². The summed E-state index contributed by atoms with van der Waals surface area (Å²) >= 11 is 0. The number of carboxylic acid groups (broad SMARTS) is 1. The van der Waals surface area contributed by atoms with Gasteiger partial charge in [0.25, 0.3) is 11.8 Å². The van der Waals surface area contributed by atoms with E-state index in [4.69, 9.17) is 0 Å². The van der Waals surface area contributed by atoms with E-state index in [9.17, 15) is 24.6 Å². The molecular formula is C25H25N3O5. The molecule has 0 radical (unpaired) electrons. The molecule has 1 aromatic heterocycles. The van der Waals surface area contributed by atoms with Crippen molar-refractivity contribution in [3.63, 3.8) is 0 Å². The predicted molar refractivity (Wildman–Crippen MR) is 123 cm³/mol. The third-order valence-corrected chi connectivity index (χ3v) is 5.15. The summed E-state index contributed by atoms with van der Waals surface area (Å²) < 4.78 is 0. The number of carbonyl (C=O) groups excluding carboxylic acids is 2. The first-order valence-corrected chi connectivity index (χ1v) is 10.5. The smallest absolute Gasteiger partial charge is 0.334 e. The van der Waals surface area contributed by atoms with Crippen LogP contribution in [0.4, 0.5) is 5.69 Å². The highest BCUT2D eigenvalue weighted by Crippen LogP contribution is 2.20. The van der Waals surface area contributed by atoms with Crippen LogP contribution in [0.25, 0.3) is 0 Å². The van der Waals surface area contributed by atoms with E-state index in [1.807, 2.05) is 13.0 Å². The van der Waals surface area contributed by atoms with Gasteiger partial charge in [-0.05, 0) is 48.2 Å². The zero-order valence-corrected chi connectivity index (χ0v) is 18.1. The van der Waals surface area contributed by atoms with Gasteiger partial charge in [-0.2, -0.15) is 0 Å². The van der Waals surface area contributed by atoms with Gasteiger partial charge in [0.05, 0.1) is 6.04 Å². The second kappa shape index (κ2) is 11.0. The lowest BCUT2D eigenvalue weighted by molar-refractivity contribution is -0.148. The highest BCUT2D eigenvalue weighted by atomic mass is 16.4. The second-order valence-corrected chi connectivity index (χ2v) is 7.45. The summed E-state index contributed by atoms with van der Waals surface area (Å²) in [6.45, 7) is 1.92. The molecule has 0 saturated carbocycles. The van der Waals surface area contributed by atoms with Gasteiger partial charge in [0.15, 0.2) is 6.10 Å². The molecule has 0 aliphatic carbocycles. The molecule has 0 aliphatic heterocycles. The molecule has 8 heteroatoms. The third kappa shape index (κ3) is 6.24. The van der Waals surface area contributed by atoms with Crippen LogP contribution in [-0.2, 0) is 17.6 Å². The Kier molecular flexibility index (Phi) is 7.88. The maximum Gasteiger partial charge on any atom is 0.334 e. The molecule has 4 N–H and O–H groups in total. The molecule has 0 fully saturated rings. The van der Waals surface area contributed by atoms with Crippen molar-refractivity contribution >= 4 is 23.5 Å². The van der Waals surface area contributed by atoms with Crippen molar-refractivity contribution < 1.29 is 24.6 Å². The van der Waals surface area contributed by atoms with E-state index in [0.29, 0.717) is 12.1 Å². The van der Waals surface area contributed by atoms with Crippen molar-refractivity contribution in [1.82, 2.24) is 10.3 Å². The fraction of sp³-hybridized carbons (Fsp3) is 0.200. The van der Waals surface area contributed by atoms with E-state index in [-0.39, 0.29) is 17.7 Å². The summed E-state index contributed by atoms with van der Waals surface area (Å²) in [7, 11) is 0. The minimum absolute atomic E-state index is 0.135. The van der Waals surface area contributed by atoms with Crippen molar-refractivity contribution in [2.24, 2.45) is 0 Å². The van der Waals surface area contributed by atoms with Crippen molar-refractivity contribution in [3.8, 4) is 0 Å².